The molecule has 2 fully saturated rings. The maximum atomic E-state index is 3.59. The molecule has 18 heavy (non-hydrogen) atoms. The second kappa shape index (κ2) is 6.38. The summed E-state index contributed by atoms with van der Waals surface area (Å²) in [6, 6.07) is 0. The molecular formula is C16H32N2. The lowest BCUT2D eigenvalue weighted by Crippen LogP contribution is -2.43. The molecule has 2 unspecified atom stereocenters. The van der Waals surface area contributed by atoms with Gasteiger partial charge in [0.2, 0.25) is 0 Å². The first-order chi connectivity index (χ1) is 8.66. The van der Waals surface area contributed by atoms with Gasteiger partial charge in [-0.25, -0.2) is 0 Å². The van der Waals surface area contributed by atoms with Gasteiger partial charge in [-0.15, -0.1) is 0 Å². The molecule has 2 nitrogen and oxygen atoms in total. The Labute approximate surface area is 114 Å². The number of likely N-dealkylation sites (tertiary alicyclic amines) is 1. The minimum Gasteiger partial charge on any atom is -0.316 e. The van der Waals surface area contributed by atoms with Crippen molar-refractivity contribution >= 4 is 0 Å². The monoisotopic (exact) mass is 252 g/mol. The van der Waals surface area contributed by atoms with E-state index < -0.39 is 0 Å². The molecule has 2 heterocycles. The Hall–Kier alpha value is -0.0800. The first-order valence-corrected chi connectivity index (χ1v) is 8.09. The second-order valence-electron chi connectivity index (χ2n) is 6.93. The summed E-state index contributed by atoms with van der Waals surface area (Å²) in [6.45, 7) is 13.7. The topological polar surface area (TPSA) is 15.3 Å². The van der Waals surface area contributed by atoms with Gasteiger partial charge in [-0.3, -0.25) is 0 Å². The van der Waals surface area contributed by atoms with Crippen molar-refractivity contribution in [3.05, 3.63) is 0 Å². The Morgan fingerprint density at radius 1 is 1.28 bits per heavy atom. The molecule has 2 atom stereocenters. The fourth-order valence-electron chi connectivity index (χ4n) is 3.81. The molecule has 0 aliphatic carbocycles. The summed E-state index contributed by atoms with van der Waals surface area (Å²) in [5.41, 5.74) is 0.548. The highest BCUT2D eigenvalue weighted by molar-refractivity contribution is 4.93. The standard InChI is InChI=1S/C16H32N2/c1-4-15-6-5-10-18(11-7-15)13-16(14(2)3)8-9-17-12-16/h14-15,17H,4-13H2,1-3H3. The summed E-state index contributed by atoms with van der Waals surface area (Å²) < 4.78 is 0. The van der Waals surface area contributed by atoms with E-state index in [4.69, 9.17) is 0 Å². The molecule has 0 bridgehead atoms. The number of rotatable bonds is 4. The van der Waals surface area contributed by atoms with Gasteiger partial charge in [0.1, 0.15) is 0 Å². The molecule has 0 aromatic carbocycles. The van der Waals surface area contributed by atoms with Crippen molar-refractivity contribution < 1.29 is 0 Å². The smallest absolute Gasteiger partial charge is 0.00531 e. The zero-order valence-corrected chi connectivity index (χ0v) is 12.7. The van der Waals surface area contributed by atoms with Crippen molar-refractivity contribution in [3.63, 3.8) is 0 Å². The van der Waals surface area contributed by atoms with Crippen LogP contribution in [0.2, 0.25) is 0 Å². The summed E-state index contributed by atoms with van der Waals surface area (Å²) >= 11 is 0. The van der Waals surface area contributed by atoms with Crippen molar-refractivity contribution in [3.8, 4) is 0 Å². The van der Waals surface area contributed by atoms with Crippen LogP contribution < -0.4 is 5.32 Å². The molecule has 2 heteroatoms. The van der Waals surface area contributed by atoms with Gasteiger partial charge in [0.15, 0.2) is 0 Å². The van der Waals surface area contributed by atoms with Gasteiger partial charge < -0.3 is 10.2 Å². The van der Waals surface area contributed by atoms with Crippen LogP contribution in [-0.2, 0) is 0 Å². The van der Waals surface area contributed by atoms with Gasteiger partial charge in [0.05, 0.1) is 0 Å². The number of hydrogen-bond acceptors (Lipinski definition) is 2. The molecule has 0 radical (unpaired) electrons. The highest BCUT2D eigenvalue weighted by atomic mass is 15.1. The van der Waals surface area contributed by atoms with E-state index in [1.54, 1.807) is 0 Å². The van der Waals surface area contributed by atoms with Crippen molar-refractivity contribution in [2.24, 2.45) is 17.3 Å². The van der Waals surface area contributed by atoms with Crippen LogP contribution in [0.1, 0.15) is 52.9 Å². The minimum atomic E-state index is 0.548. The summed E-state index contributed by atoms with van der Waals surface area (Å²) in [5, 5.41) is 3.59. The van der Waals surface area contributed by atoms with Gasteiger partial charge in [-0.1, -0.05) is 27.2 Å². The molecule has 1 N–H and O–H groups in total. The molecule has 0 aromatic heterocycles. The lowest BCUT2D eigenvalue weighted by Gasteiger charge is -2.38. The molecule has 106 valence electrons. The lowest BCUT2D eigenvalue weighted by molar-refractivity contribution is 0.119. The molecule has 2 aliphatic heterocycles. The number of nitrogens with one attached hydrogen (secondary N) is 1. The number of hydrogen-bond donors (Lipinski definition) is 1. The highest BCUT2D eigenvalue weighted by Gasteiger charge is 2.38. The third-order valence-corrected chi connectivity index (χ3v) is 5.56. The van der Waals surface area contributed by atoms with E-state index in [1.165, 1.54) is 64.8 Å². The molecule has 2 aliphatic rings. The quantitative estimate of drug-likeness (QED) is 0.827. The third kappa shape index (κ3) is 3.27. The van der Waals surface area contributed by atoms with Crippen LogP contribution in [-0.4, -0.2) is 37.6 Å². The van der Waals surface area contributed by atoms with Crippen molar-refractivity contribution in [1.29, 1.82) is 0 Å². The molecular weight excluding hydrogens is 220 g/mol. The van der Waals surface area contributed by atoms with E-state index in [9.17, 15) is 0 Å². The van der Waals surface area contributed by atoms with Crippen LogP contribution in [0.5, 0.6) is 0 Å². The Bertz CT molecular complexity index is 243. The van der Waals surface area contributed by atoms with Crippen LogP contribution in [0.3, 0.4) is 0 Å². The van der Waals surface area contributed by atoms with E-state index in [2.05, 4.69) is 31.0 Å². The van der Waals surface area contributed by atoms with Gasteiger partial charge in [-0.05, 0) is 62.6 Å². The summed E-state index contributed by atoms with van der Waals surface area (Å²) in [5.74, 6) is 1.80. The largest absolute Gasteiger partial charge is 0.316 e. The summed E-state index contributed by atoms with van der Waals surface area (Å²) in [4.78, 5) is 2.77. The van der Waals surface area contributed by atoms with Crippen LogP contribution in [0.4, 0.5) is 0 Å². The molecule has 0 saturated carbocycles. The molecule has 2 rings (SSSR count). The van der Waals surface area contributed by atoms with Crippen LogP contribution in [0, 0.1) is 17.3 Å². The molecule has 0 aromatic rings. The van der Waals surface area contributed by atoms with E-state index in [0.29, 0.717) is 5.41 Å². The molecule has 0 amide bonds. The highest BCUT2D eigenvalue weighted by Crippen LogP contribution is 2.35. The van der Waals surface area contributed by atoms with Crippen LogP contribution in [0.15, 0.2) is 0 Å². The van der Waals surface area contributed by atoms with E-state index in [1.807, 2.05) is 0 Å². The Morgan fingerprint density at radius 3 is 2.72 bits per heavy atom. The van der Waals surface area contributed by atoms with E-state index >= 15 is 0 Å². The van der Waals surface area contributed by atoms with Crippen molar-refractivity contribution in [1.82, 2.24) is 10.2 Å². The fourth-order valence-corrected chi connectivity index (χ4v) is 3.81. The molecule has 2 saturated heterocycles. The van der Waals surface area contributed by atoms with Gasteiger partial charge >= 0.3 is 0 Å². The van der Waals surface area contributed by atoms with Gasteiger partial charge in [0.25, 0.3) is 0 Å². The summed E-state index contributed by atoms with van der Waals surface area (Å²) in [7, 11) is 0. The average Bonchev–Trinajstić information content (AvgIpc) is 2.71. The second-order valence-corrected chi connectivity index (χ2v) is 6.93. The first-order valence-electron chi connectivity index (χ1n) is 8.09. The lowest BCUT2D eigenvalue weighted by atomic mass is 9.76. The zero-order chi connectivity index (χ0) is 13.0. The maximum Gasteiger partial charge on any atom is 0.00531 e. The van der Waals surface area contributed by atoms with E-state index in [-0.39, 0.29) is 0 Å². The Balaban J connectivity index is 1.91. The maximum absolute atomic E-state index is 3.59. The number of nitrogens with zero attached hydrogens (tertiary/aromatic N) is 1. The normalized spacial score (nSPS) is 35.0. The minimum absolute atomic E-state index is 0.548. The first kappa shape index (κ1) is 14.3. The van der Waals surface area contributed by atoms with Gasteiger partial charge in [0, 0.05) is 13.1 Å². The fraction of sp³-hybridized carbons (Fsp3) is 1.00. The summed E-state index contributed by atoms with van der Waals surface area (Å²) in [6.07, 6.45) is 7.06. The van der Waals surface area contributed by atoms with Crippen LogP contribution in [0.25, 0.3) is 0 Å². The average molecular weight is 252 g/mol. The predicted octanol–water partition coefficient (Wildman–Crippen LogP) is 3.13. The predicted molar refractivity (Wildman–Crippen MR) is 78.8 cm³/mol. The molecule has 0 spiro atoms. The Kier molecular flexibility index (Phi) is 5.08. The van der Waals surface area contributed by atoms with Crippen molar-refractivity contribution in [2.75, 3.05) is 32.7 Å². The van der Waals surface area contributed by atoms with Crippen molar-refractivity contribution in [2.45, 2.75) is 52.9 Å². The zero-order valence-electron chi connectivity index (χ0n) is 12.7. The van der Waals surface area contributed by atoms with Gasteiger partial charge in [-0.2, -0.15) is 0 Å². The van der Waals surface area contributed by atoms with E-state index in [0.717, 1.165) is 11.8 Å². The SMILES string of the molecule is CCC1CCCN(CC2(C(C)C)CCNC2)CC1. The van der Waals surface area contributed by atoms with Crippen LogP contribution >= 0.6 is 0 Å². The Morgan fingerprint density at radius 2 is 2.11 bits per heavy atom. The third-order valence-electron chi connectivity index (χ3n) is 5.56.